The highest BCUT2D eigenvalue weighted by Gasteiger charge is 2.18. The number of aromatic nitrogens is 3. The first-order chi connectivity index (χ1) is 12.2. The van der Waals surface area contributed by atoms with Crippen LogP contribution < -0.4 is 10.2 Å². The summed E-state index contributed by atoms with van der Waals surface area (Å²) in [5, 5.41) is 12.6. The van der Waals surface area contributed by atoms with Gasteiger partial charge in [0.2, 0.25) is 12.4 Å². The van der Waals surface area contributed by atoms with Gasteiger partial charge in [-0.1, -0.05) is 29.3 Å². The lowest BCUT2D eigenvalue weighted by Gasteiger charge is -2.32. The fraction of sp³-hybridized carbons (Fsp3) is 0.375. The minimum atomic E-state index is 0.570. The Labute approximate surface area is 156 Å². The van der Waals surface area contributed by atoms with Gasteiger partial charge >= 0.3 is 0 Å². The van der Waals surface area contributed by atoms with Gasteiger partial charge in [0.1, 0.15) is 0 Å². The second kappa shape index (κ2) is 8.31. The first-order valence-corrected chi connectivity index (χ1v) is 8.73. The summed E-state index contributed by atoms with van der Waals surface area (Å²) in [4.78, 5) is 19.0. The molecule has 132 valence electrons. The van der Waals surface area contributed by atoms with Crippen LogP contribution in [-0.4, -0.2) is 59.2 Å². The molecule has 0 saturated carbocycles. The monoisotopic (exact) mass is 380 g/mol. The highest BCUT2D eigenvalue weighted by Crippen LogP contribution is 2.21. The molecule has 25 heavy (non-hydrogen) atoms. The van der Waals surface area contributed by atoms with Crippen LogP contribution in [0.15, 0.2) is 24.4 Å². The van der Waals surface area contributed by atoms with Crippen molar-refractivity contribution in [3.05, 3.63) is 40.0 Å². The van der Waals surface area contributed by atoms with Gasteiger partial charge in [-0.3, -0.25) is 4.79 Å². The molecule has 0 atom stereocenters. The third-order valence-electron chi connectivity index (χ3n) is 4.01. The summed E-state index contributed by atoms with van der Waals surface area (Å²) in [6.45, 7) is 3.39. The van der Waals surface area contributed by atoms with Gasteiger partial charge in [0.15, 0.2) is 5.82 Å². The van der Waals surface area contributed by atoms with Crippen LogP contribution >= 0.6 is 23.2 Å². The third-order valence-corrected chi connectivity index (χ3v) is 4.60. The van der Waals surface area contributed by atoms with Crippen molar-refractivity contribution in [2.24, 2.45) is 0 Å². The Balaban J connectivity index is 1.56. The molecule has 1 amide bonds. The van der Waals surface area contributed by atoms with Crippen molar-refractivity contribution in [3.63, 3.8) is 0 Å². The predicted octanol–water partition coefficient (Wildman–Crippen LogP) is 2.11. The number of halogens is 2. The summed E-state index contributed by atoms with van der Waals surface area (Å²) in [5.74, 6) is 1.23. The van der Waals surface area contributed by atoms with Gasteiger partial charge in [0.05, 0.1) is 6.20 Å². The number of hydrogen-bond donors (Lipinski definition) is 1. The van der Waals surface area contributed by atoms with E-state index >= 15 is 0 Å². The molecule has 1 aliphatic heterocycles. The smallest absolute Gasteiger partial charge is 0.247 e. The molecule has 2 aromatic rings. The molecule has 2 heterocycles. The molecule has 1 N–H and O–H groups in total. The Kier molecular flexibility index (Phi) is 5.88. The van der Waals surface area contributed by atoms with Gasteiger partial charge in [-0.2, -0.15) is 10.1 Å². The second-order valence-corrected chi connectivity index (χ2v) is 6.53. The molecule has 0 aliphatic carbocycles. The molecule has 9 heteroatoms. The van der Waals surface area contributed by atoms with Gasteiger partial charge in [-0.05, 0) is 24.1 Å². The van der Waals surface area contributed by atoms with Gasteiger partial charge in [-0.15, -0.1) is 5.10 Å². The van der Waals surface area contributed by atoms with E-state index in [-0.39, 0.29) is 0 Å². The zero-order chi connectivity index (χ0) is 17.6. The standard InChI is InChI=1S/C16H18Cl2N6O/c17-13-2-1-12(14(18)9-13)3-4-19-15-10-20-22-16(21-15)24-7-5-23(11-25)6-8-24/h1-2,9-11H,3-8H2,(H,19,21,22). The fourth-order valence-electron chi connectivity index (χ4n) is 2.59. The van der Waals surface area contributed by atoms with Crippen molar-refractivity contribution >= 4 is 41.4 Å². The lowest BCUT2D eigenvalue weighted by molar-refractivity contribution is -0.118. The average Bonchev–Trinajstić information content (AvgIpc) is 2.64. The normalized spacial score (nSPS) is 14.5. The summed E-state index contributed by atoms with van der Waals surface area (Å²) in [7, 11) is 0. The van der Waals surface area contributed by atoms with Crippen molar-refractivity contribution in [2.45, 2.75) is 6.42 Å². The van der Waals surface area contributed by atoms with E-state index < -0.39 is 0 Å². The molecule has 3 rings (SSSR count). The van der Waals surface area contributed by atoms with E-state index in [2.05, 4.69) is 20.5 Å². The van der Waals surface area contributed by atoms with Crippen LogP contribution in [0.25, 0.3) is 0 Å². The van der Waals surface area contributed by atoms with E-state index in [9.17, 15) is 4.79 Å². The number of nitrogens with one attached hydrogen (secondary N) is 1. The van der Waals surface area contributed by atoms with Crippen LogP contribution in [0.3, 0.4) is 0 Å². The summed E-state index contributed by atoms with van der Waals surface area (Å²) in [6, 6.07) is 5.48. The van der Waals surface area contributed by atoms with E-state index in [1.807, 2.05) is 17.0 Å². The molecule has 1 aromatic heterocycles. The van der Waals surface area contributed by atoms with Crippen molar-refractivity contribution in [1.82, 2.24) is 20.1 Å². The molecular formula is C16H18Cl2N6O. The van der Waals surface area contributed by atoms with E-state index in [1.165, 1.54) is 0 Å². The highest BCUT2D eigenvalue weighted by molar-refractivity contribution is 6.35. The van der Waals surface area contributed by atoms with E-state index in [0.29, 0.717) is 54.5 Å². The number of carbonyl (C=O) groups excluding carboxylic acids is 1. The Hall–Kier alpha value is -2.12. The Morgan fingerprint density at radius 3 is 2.72 bits per heavy atom. The third kappa shape index (κ3) is 4.70. The quantitative estimate of drug-likeness (QED) is 0.773. The molecule has 1 aliphatic rings. The minimum absolute atomic E-state index is 0.570. The Bertz CT molecular complexity index is 736. The molecule has 7 nitrogen and oxygen atoms in total. The lowest BCUT2D eigenvalue weighted by Crippen LogP contribution is -2.46. The topological polar surface area (TPSA) is 74.2 Å². The Morgan fingerprint density at radius 1 is 1.20 bits per heavy atom. The summed E-state index contributed by atoms with van der Waals surface area (Å²) >= 11 is 12.1. The fourth-order valence-corrected chi connectivity index (χ4v) is 3.09. The maximum atomic E-state index is 10.8. The zero-order valence-corrected chi connectivity index (χ0v) is 15.0. The minimum Gasteiger partial charge on any atom is -0.368 e. The number of carbonyl (C=O) groups is 1. The van der Waals surface area contributed by atoms with Crippen molar-refractivity contribution in [3.8, 4) is 0 Å². The van der Waals surface area contributed by atoms with Gasteiger partial charge in [0, 0.05) is 42.8 Å². The van der Waals surface area contributed by atoms with Crippen LogP contribution in [0.2, 0.25) is 10.0 Å². The maximum absolute atomic E-state index is 10.8. The molecule has 0 spiro atoms. The second-order valence-electron chi connectivity index (χ2n) is 5.68. The van der Waals surface area contributed by atoms with Crippen LogP contribution in [0, 0.1) is 0 Å². The number of rotatable bonds is 6. The molecule has 1 aromatic carbocycles. The number of anilines is 2. The van der Waals surface area contributed by atoms with Gasteiger partial charge in [-0.25, -0.2) is 0 Å². The maximum Gasteiger partial charge on any atom is 0.247 e. The van der Waals surface area contributed by atoms with Crippen LogP contribution in [0.1, 0.15) is 5.56 Å². The molecule has 1 fully saturated rings. The number of nitrogens with zero attached hydrogens (tertiary/aromatic N) is 5. The van der Waals surface area contributed by atoms with Crippen molar-refractivity contribution in [2.75, 3.05) is 42.9 Å². The number of amides is 1. The summed E-state index contributed by atoms with van der Waals surface area (Å²) in [5.41, 5.74) is 1.02. The molecule has 0 bridgehead atoms. The van der Waals surface area contributed by atoms with Crippen LogP contribution in [0.5, 0.6) is 0 Å². The van der Waals surface area contributed by atoms with E-state index in [0.717, 1.165) is 18.4 Å². The van der Waals surface area contributed by atoms with Crippen molar-refractivity contribution < 1.29 is 4.79 Å². The molecular weight excluding hydrogens is 363 g/mol. The number of piperazine rings is 1. The lowest BCUT2D eigenvalue weighted by atomic mass is 10.1. The first-order valence-electron chi connectivity index (χ1n) is 7.97. The van der Waals surface area contributed by atoms with E-state index in [4.69, 9.17) is 23.2 Å². The highest BCUT2D eigenvalue weighted by atomic mass is 35.5. The van der Waals surface area contributed by atoms with Crippen molar-refractivity contribution in [1.29, 1.82) is 0 Å². The average molecular weight is 381 g/mol. The predicted molar refractivity (Wildman–Crippen MR) is 98.3 cm³/mol. The molecule has 1 saturated heterocycles. The van der Waals surface area contributed by atoms with Gasteiger partial charge < -0.3 is 15.1 Å². The summed E-state index contributed by atoms with van der Waals surface area (Å²) in [6.07, 6.45) is 3.21. The number of benzene rings is 1. The molecule has 0 unspecified atom stereocenters. The van der Waals surface area contributed by atoms with Gasteiger partial charge in [0.25, 0.3) is 0 Å². The zero-order valence-electron chi connectivity index (χ0n) is 13.5. The largest absolute Gasteiger partial charge is 0.368 e. The summed E-state index contributed by atoms with van der Waals surface area (Å²) < 4.78 is 0. The van der Waals surface area contributed by atoms with E-state index in [1.54, 1.807) is 17.2 Å². The SMILES string of the molecule is O=CN1CCN(c2nncc(NCCc3ccc(Cl)cc3Cl)n2)CC1. The van der Waals surface area contributed by atoms with Crippen LogP contribution in [-0.2, 0) is 11.2 Å². The van der Waals surface area contributed by atoms with Crippen LogP contribution in [0.4, 0.5) is 11.8 Å². The number of hydrogen-bond acceptors (Lipinski definition) is 6. The first kappa shape index (κ1) is 17.7. The Morgan fingerprint density at radius 2 is 2.00 bits per heavy atom. The molecule has 0 radical (unpaired) electrons.